The Bertz CT molecular complexity index is 629. The number of amides is 1. The van der Waals surface area contributed by atoms with Crippen molar-refractivity contribution >= 4 is 16.1 Å². The lowest BCUT2D eigenvalue weighted by Gasteiger charge is -2.30. The number of carbonyl (C=O) groups is 1. The smallest absolute Gasteiger partial charge is 0.283 e. The maximum atomic E-state index is 13.0. The van der Waals surface area contributed by atoms with Crippen molar-refractivity contribution in [3.05, 3.63) is 24.2 Å². The van der Waals surface area contributed by atoms with Crippen LogP contribution in [0.3, 0.4) is 0 Å². The van der Waals surface area contributed by atoms with Crippen LogP contribution in [0.2, 0.25) is 0 Å². The standard InChI is InChI=1S/C14H21N3O4S/c1-15-14(18)12-6-3-9-17(12)22(19,20)16-8-2-5-11(16)13-7-4-10-21-13/h4,7,10-12H,2-3,5-6,8-9H2,1H3,(H,15,18)/t11-,12+/m1/s1. The SMILES string of the molecule is CNC(=O)[C@@H]1CCCN1S(=O)(=O)N1CCC[C@@H]1c1ccco1. The lowest BCUT2D eigenvalue weighted by molar-refractivity contribution is -0.123. The molecule has 7 nitrogen and oxygen atoms in total. The molecule has 0 spiro atoms. The maximum Gasteiger partial charge on any atom is 0.283 e. The molecule has 0 aromatic carbocycles. The molecule has 0 aliphatic carbocycles. The third kappa shape index (κ3) is 2.55. The summed E-state index contributed by atoms with van der Waals surface area (Å²) in [5, 5.41) is 2.56. The molecule has 3 heterocycles. The van der Waals surface area contributed by atoms with Crippen molar-refractivity contribution in [2.75, 3.05) is 20.1 Å². The molecule has 0 bridgehead atoms. The predicted molar refractivity (Wildman–Crippen MR) is 80.1 cm³/mol. The van der Waals surface area contributed by atoms with E-state index in [0.717, 1.165) is 12.8 Å². The predicted octanol–water partition coefficient (Wildman–Crippen LogP) is 0.872. The second-order valence-electron chi connectivity index (χ2n) is 5.67. The van der Waals surface area contributed by atoms with E-state index >= 15 is 0 Å². The van der Waals surface area contributed by atoms with Crippen molar-refractivity contribution in [3.63, 3.8) is 0 Å². The van der Waals surface area contributed by atoms with Gasteiger partial charge in [0.15, 0.2) is 0 Å². The first-order chi connectivity index (χ1) is 10.6. The van der Waals surface area contributed by atoms with Gasteiger partial charge in [-0.1, -0.05) is 0 Å². The minimum absolute atomic E-state index is 0.241. The molecule has 2 saturated heterocycles. The fraction of sp³-hybridized carbons (Fsp3) is 0.643. The molecule has 1 aromatic heterocycles. The fourth-order valence-electron chi connectivity index (χ4n) is 3.36. The Morgan fingerprint density at radius 2 is 2.00 bits per heavy atom. The van der Waals surface area contributed by atoms with E-state index < -0.39 is 16.3 Å². The number of furan rings is 1. The number of carbonyl (C=O) groups excluding carboxylic acids is 1. The summed E-state index contributed by atoms with van der Waals surface area (Å²) in [5.41, 5.74) is 0. The first kappa shape index (κ1) is 15.5. The Kier molecular flexibility index (Phi) is 4.24. The summed E-state index contributed by atoms with van der Waals surface area (Å²) in [6.07, 6.45) is 4.37. The molecule has 2 fully saturated rings. The highest BCUT2D eigenvalue weighted by Crippen LogP contribution is 2.37. The molecule has 3 rings (SSSR count). The van der Waals surface area contributed by atoms with Gasteiger partial charge in [-0.25, -0.2) is 0 Å². The van der Waals surface area contributed by atoms with E-state index in [0.29, 0.717) is 31.7 Å². The van der Waals surface area contributed by atoms with Crippen molar-refractivity contribution in [2.24, 2.45) is 0 Å². The number of nitrogens with zero attached hydrogens (tertiary/aromatic N) is 2. The molecule has 22 heavy (non-hydrogen) atoms. The van der Waals surface area contributed by atoms with Gasteiger partial charge in [0.2, 0.25) is 5.91 Å². The highest BCUT2D eigenvalue weighted by Gasteiger charge is 2.45. The third-order valence-corrected chi connectivity index (χ3v) is 6.48. The van der Waals surface area contributed by atoms with Crippen LogP contribution in [0, 0.1) is 0 Å². The molecule has 2 aliphatic heterocycles. The Balaban J connectivity index is 1.87. The van der Waals surface area contributed by atoms with Crippen LogP contribution < -0.4 is 5.32 Å². The van der Waals surface area contributed by atoms with Gasteiger partial charge >= 0.3 is 0 Å². The zero-order valence-electron chi connectivity index (χ0n) is 12.6. The van der Waals surface area contributed by atoms with Crippen LogP contribution in [0.25, 0.3) is 0 Å². The Labute approximate surface area is 130 Å². The number of rotatable bonds is 4. The summed E-state index contributed by atoms with van der Waals surface area (Å²) in [6.45, 7) is 0.854. The highest BCUT2D eigenvalue weighted by molar-refractivity contribution is 7.86. The average Bonchev–Trinajstić information content (AvgIpc) is 3.25. The Morgan fingerprint density at radius 1 is 1.27 bits per heavy atom. The first-order valence-electron chi connectivity index (χ1n) is 7.59. The molecule has 8 heteroatoms. The van der Waals surface area contributed by atoms with Crippen LogP contribution in [0.1, 0.15) is 37.5 Å². The summed E-state index contributed by atoms with van der Waals surface area (Å²) in [5.74, 6) is 0.423. The molecular formula is C14H21N3O4S. The van der Waals surface area contributed by atoms with E-state index in [1.54, 1.807) is 18.4 Å². The zero-order chi connectivity index (χ0) is 15.7. The van der Waals surface area contributed by atoms with Crippen molar-refractivity contribution in [3.8, 4) is 0 Å². The second kappa shape index (κ2) is 6.02. The van der Waals surface area contributed by atoms with E-state index in [1.165, 1.54) is 15.7 Å². The first-order valence-corrected chi connectivity index (χ1v) is 8.99. The van der Waals surface area contributed by atoms with Gasteiger partial charge in [0.05, 0.1) is 12.3 Å². The number of hydrogen-bond acceptors (Lipinski definition) is 4. The van der Waals surface area contributed by atoms with Gasteiger partial charge in [0.1, 0.15) is 11.8 Å². The van der Waals surface area contributed by atoms with Gasteiger partial charge in [-0.05, 0) is 37.8 Å². The quantitative estimate of drug-likeness (QED) is 0.889. The van der Waals surface area contributed by atoms with Crippen LogP contribution in [-0.2, 0) is 15.0 Å². The zero-order valence-corrected chi connectivity index (χ0v) is 13.4. The van der Waals surface area contributed by atoms with Crippen LogP contribution in [0.5, 0.6) is 0 Å². The van der Waals surface area contributed by atoms with E-state index in [-0.39, 0.29) is 11.9 Å². The minimum Gasteiger partial charge on any atom is -0.468 e. The Hall–Kier alpha value is -1.38. The van der Waals surface area contributed by atoms with Crippen LogP contribution in [0.4, 0.5) is 0 Å². The topological polar surface area (TPSA) is 82.9 Å². The average molecular weight is 327 g/mol. The van der Waals surface area contributed by atoms with Crippen molar-refractivity contribution in [2.45, 2.75) is 37.8 Å². The van der Waals surface area contributed by atoms with E-state index in [4.69, 9.17) is 4.42 Å². The van der Waals surface area contributed by atoms with Crippen molar-refractivity contribution < 1.29 is 17.6 Å². The van der Waals surface area contributed by atoms with Gasteiger partial charge in [-0.2, -0.15) is 17.0 Å². The molecule has 0 unspecified atom stereocenters. The molecule has 2 aliphatic rings. The third-order valence-electron chi connectivity index (χ3n) is 4.42. The molecule has 2 atom stereocenters. The normalized spacial score (nSPS) is 27.3. The Morgan fingerprint density at radius 3 is 2.68 bits per heavy atom. The van der Waals surface area contributed by atoms with Crippen molar-refractivity contribution in [1.82, 2.24) is 13.9 Å². The number of nitrogens with one attached hydrogen (secondary N) is 1. The van der Waals surface area contributed by atoms with Crippen LogP contribution in [0.15, 0.2) is 22.8 Å². The number of likely N-dealkylation sites (N-methyl/N-ethyl adjacent to an activating group) is 1. The highest BCUT2D eigenvalue weighted by atomic mass is 32.2. The second-order valence-corrected chi connectivity index (χ2v) is 7.51. The largest absolute Gasteiger partial charge is 0.468 e. The molecule has 1 amide bonds. The summed E-state index contributed by atoms with van der Waals surface area (Å²) in [6, 6.07) is 2.69. The van der Waals surface area contributed by atoms with Gasteiger partial charge in [-0.15, -0.1) is 0 Å². The van der Waals surface area contributed by atoms with Gasteiger partial charge in [-0.3, -0.25) is 4.79 Å². The molecule has 0 saturated carbocycles. The maximum absolute atomic E-state index is 13.0. The lowest BCUT2D eigenvalue weighted by atomic mass is 10.2. The minimum atomic E-state index is -3.67. The van der Waals surface area contributed by atoms with E-state index in [9.17, 15) is 13.2 Å². The summed E-state index contributed by atoms with van der Waals surface area (Å²) < 4.78 is 34.2. The van der Waals surface area contributed by atoms with E-state index in [2.05, 4.69) is 5.32 Å². The summed E-state index contributed by atoms with van der Waals surface area (Å²) in [7, 11) is -2.14. The summed E-state index contributed by atoms with van der Waals surface area (Å²) in [4.78, 5) is 11.9. The molecule has 1 N–H and O–H groups in total. The lowest BCUT2D eigenvalue weighted by Crippen LogP contribution is -2.50. The van der Waals surface area contributed by atoms with E-state index in [1.807, 2.05) is 0 Å². The van der Waals surface area contributed by atoms with Gasteiger partial charge in [0.25, 0.3) is 10.2 Å². The monoisotopic (exact) mass is 327 g/mol. The molecule has 1 aromatic rings. The van der Waals surface area contributed by atoms with Crippen LogP contribution in [-0.4, -0.2) is 49.1 Å². The molecular weight excluding hydrogens is 306 g/mol. The summed E-state index contributed by atoms with van der Waals surface area (Å²) >= 11 is 0. The number of hydrogen-bond donors (Lipinski definition) is 1. The van der Waals surface area contributed by atoms with Crippen molar-refractivity contribution in [1.29, 1.82) is 0 Å². The molecule has 0 radical (unpaired) electrons. The van der Waals surface area contributed by atoms with Gasteiger partial charge < -0.3 is 9.73 Å². The molecule has 122 valence electrons. The van der Waals surface area contributed by atoms with Gasteiger partial charge in [0, 0.05) is 20.1 Å². The van der Waals surface area contributed by atoms with Crippen LogP contribution >= 0.6 is 0 Å². The fourth-order valence-corrected chi connectivity index (χ4v) is 5.40.